The van der Waals surface area contributed by atoms with Crippen molar-refractivity contribution in [1.82, 2.24) is 25.2 Å². The maximum absolute atomic E-state index is 12.3. The summed E-state index contributed by atoms with van der Waals surface area (Å²) in [7, 11) is 1.83. The summed E-state index contributed by atoms with van der Waals surface area (Å²) < 4.78 is 0. The number of carbonyl (C=O) groups excluding carboxylic acids is 1. The first kappa shape index (κ1) is 18.5. The first-order valence-corrected chi connectivity index (χ1v) is 8.96. The van der Waals surface area contributed by atoms with Gasteiger partial charge in [-0.25, -0.2) is 15.0 Å². The molecule has 0 aromatic carbocycles. The second-order valence-electron chi connectivity index (χ2n) is 7.03. The zero-order valence-corrected chi connectivity index (χ0v) is 15.3. The van der Waals surface area contributed by atoms with Crippen LogP contribution in [0.3, 0.4) is 0 Å². The van der Waals surface area contributed by atoms with Crippen LogP contribution >= 0.6 is 0 Å². The Morgan fingerprint density at radius 1 is 1.31 bits per heavy atom. The number of nitrogens with one attached hydrogen (secondary N) is 1. The van der Waals surface area contributed by atoms with Crippen LogP contribution < -0.4 is 10.2 Å². The number of aromatic nitrogens is 3. The van der Waals surface area contributed by atoms with Gasteiger partial charge >= 0.3 is 0 Å². The van der Waals surface area contributed by atoms with E-state index < -0.39 is 0 Å². The van der Waals surface area contributed by atoms with Crippen LogP contribution in [0.2, 0.25) is 0 Å². The van der Waals surface area contributed by atoms with Gasteiger partial charge in [0, 0.05) is 44.3 Å². The summed E-state index contributed by atoms with van der Waals surface area (Å²) in [6.45, 7) is 4.66. The third-order valence-electron chi connectivity index (χ3n) is 4.61. The van der Waals surface area contributed by atoms with Crippen LogP contribution in [-0.4, -0.2) is 76.7 Å². The zero-order valence-electron chi connectivity index (χ0n) is 15.3. The van der Waals surface area contributed by atoms with Crippen molar-refractivity contribution in [1.29, 1.82) is 0 Å². The van der Waals surface area contributed by atoms with Gasteiger partial charge in [0.15, 0.2) is 5.65 Å². The lowest BCUT2D eigenvalue weighted by atomic mass is 9.95. The molecule has 2 N–H and O–H groups in total. The summed E-state index contributed by atoms with van der Waals surface area (Å²) in [5.41, 5.74) is 2.43. The Hall–Kier alpha value is -2.32. The molecule has 140 valence electrons. The molecule has 3 heterocycles. The van der Waals surface area contributed by atoms with E-state index in [4.69, 9.17) is 5.11 Å². The fraction of sp³-hybridized carbons (Fsp3) is 0.556. The molecule has 0 unspecified atom stereocenters. The van der Waals surface area contributed by atoms with E-state index in [2.05, 4.69) is 32.1 Å². The molecule has 2 aromatic rings. The first-order valence-electron chi connectivity index (χ1n) is 8.96. The summed E-state index contributed by atoms with van der Waals surface area (Å²) in [5, 5.41) is 12.1. The van der Waals surface area contributed by atoms with Gasteiger partial charge in [-0.15, -0.1) is 0 Å². The maximum Gasteiger partial charge on any atom is 0.234 e. The molecule has 0 bridgehead atoms. The largest absolute Gasteiger partial charge is 0.395 e. The molecule has 2 aromatic heterocycles. The van der Waals surface area contributed by atoms with Gasteiger partial charge in [-0.05, 0) is 25.5 Å². The van der Waals surface area contributed by atoms with Crippen LogP contribution in [0.25, 0.3) is 11.2 Å². The number of amides is 1. The number of hydrogen-bond donors (Lipinski definition) is 2. The highest BCUT2D eigenvalue weighted by atomic mass is 16.3. The molecule has 3 rings (SSSR count). The predicted molar refractivity (Wildman–Crippen MR) is 99.8 cm³/mol. The molecule has 8 nitrogen and oxygen atoms in total. The van der Waals surface area contributed by atoms with Crippen molar-refractivity contribution in [3.8, 4) is 0 Å². The lowest BCUT2D eigenvalue weighted by Gasteiger charge is -2.38. The fourth-order valence-electron chi connectivity index (χ4n) is 3.54. The van der Waals surface area contributed by atoms with Crippen LogP contribution in [0.4, 0.5) is 5.69 Å². The Morgan fingerprint density at radius 3 is 2.88 bits per heavy atom. The van der Waals surface area contributed by atoms with Crippen LogP contribution in [0, 0.1) is 5.92 Å². The van der Waals surface area contributed by atoms with Gasteiger partial charge in [-0.1, -0.05) is 6.92 Å². The molecule has 1 fully saturated rings. The van der Waals surface area contributed by atoms with E-state index in [1.54, 1.807) is 18.6 Å². The zero-order chi connectivity index (χ0) is 18.5. The van der Waals surface area contributed by atoms with E-state index in [1.165, 1.54) is 0 Å². The number of rotatable bonds is 6. The predicted octanol–water partition coefficient (Wildman–Crippen LogP) is 0.280. The molecule has 1 aliphatic heterocycles. The monoisotopic (exact) mass is 358 g/mol. The normalized spacial score (nSPS) is 20.5. The van der Waals surface area contributed by atoms with E-state index in [-0.39, 0.29) is 25.1 Å². The third-order valence-corrected chi connectivity index (χ3v) is 4.61. The van der Waals surface area contributed by atoms with Crippen molar-refractivity contribution in [2.75, 3.05) is 44.7 Å². The number of piperidine rings is 1. The fourth-order valence-corrected chi connectivity index (χ4v) is 3.54. The molecule has 0 spiro atoms. The van der Waals surface area contributed by atoms with Gasteiger partial charge in [0.25, 0.3) is 0 Å². The number of aliphatic hydroxyl groups is 1. The number of anilines is 1. The Balaban J connectivity index is 1.71. The Kier molecular flexibility index (Phi) is 5.95. The van der Waals surface area contributed by atoms with Crippen molar-refractivity contribution in [3.05, 3.63) is 24.7 Å². The minimum Gasteiger partial charge on any atom is -0.395 e. The second kappa shape index (κ2) is 8.37. The summed E-state index contributed by atoms with van der Waals surface area (Å²) in [6, 6.07) is 2.04. The van der Waals surface area contributed by atoms with Gasteiger partial charge in [-0.2, -0.15) is 0 Å². The highest BCUT2D eigenvalue weighted by Crippen LogP contribution is 2.27. The van der Waals surface area contributed by atoms with Crippen molar-refractivity contribution in [2.24, 2.45) is 5.92 Å². The van der Waals surface area contributed by atoms with Gasteiger partial charge in [0.2, 0.25) is 5.91 Å². The molecular formula is C18H26N6O2. The highest BCUT2D eigenvalue weighted by Gasteiger charge is 2.27. The number of hydrogen-bond acceptors (Lipinski definition) is 7. The molecule has 26 heavy (non-hydrogen) atoms. The van der Waals surface area contributed by atoms with Crippen molar-refractivity contribution in [3.63, 3.8) is 0 Å². The lowest BCUT2D eigenvalue weighted by Crippen LogP contribution is -2.52. The number of fused-ring (bicyclic) bond motifs is 1. The molecule has 0 saturated carbocycles. The van der Waals surface area contributed by atoms with Crippen molar-refractivity contribution < 1.29 is 9.90 Å². The van der Waals surface area contributed by atoms with E-state index in [1.807, 2.05) is 18.0 Å². The van der Waals surface area contributed by atoms with Crippen molar-refractivity contribution >= 4 is 22.8 Å². The highest BCUT2D eigenvalue weighted by molar-refractivity contribution is 5.85. The molecule has 1 saturated heterocycles. The SMILES string of the molecule is C[C@H]1C[C@@H](NC(=O)CN(C)CCO)CN(c2ccnc3nccnc23)C1. The molecule has 0 radical (unpaired) electrons. The number of pyridine rings is 1. The van der Waals surface area contributed by atoms with Crippen molar-refractivity contribution in [2.45, 2.75) is 19.4 Å². The number of aliphatic hydroxyl groups excluding tert-OH is 1. The quantitative estimate of drug-likeness (QED) is 0.766. The third kappa shape index (κ3) is 4.44. The summed E-state index contributed by atoms with van der Waals surface area (Å²) >= 11 is 0. The summed E-state index contributed by atoms with van der Waals surface area (Å²) in [5.74, 6) is 0.434. The van der Waals surface area contributed by atoms with Crippen LogP contribution in [0.5, 0.6) is 0 Å². The van der Waals surface area contributed by atoms with Gasteiger partial charge in [0.1, 0.15) is 5.52 Å². The Bertz CT molecular complexity index is 750. The van der Waals surface area contributed by atoms with E-state index in [0.29, 0.717) is 18.1 Å². The van der Waals surface area contributed by atoms with Gasteiger partial charge < -0.3 is 15.3 Å². The molecule has 1 amide bonds. The lowest BCUT2D eigenvalue weighted by molar-refractivity contribution is -0.122. The average Bonchev–Trinajstić information content (AvgIpc) is 2.60. The minimum atomic E-state index is -0.0145. The number of likely N-dealkylation sites (N-methyl/N-ethyl adjacent to an activating group) is 1. The van der Waals surface area contributed by atoms with Gasteiger partial charge in [0.05, 0.1) is 18.8 Å². The number of nitrogens with zero attached hydrogens (tertiary/aromatic N) is 5. The van der Waals surface area contributed by atoms with E-state index in [0.717, 1.165) is 30.7 Å². The Morgan fingerprint density at radius 2 is 2.08 bits per heavy atom. The topological polar surface area (TPSA) is 94.5 Å². The van der Waals surface area contributed by atoms with E-state index in [9.17, 15) is 4.79 Å². The first-order chi connectivity index (χ1) is 12.6. The Labute approximate surface area is 153 Å². The van der Waals surface area contributed by atoms with E-state index >= 15 is 0 Å². The minimum absolute atomic E-state index is 0.0145. The van der Waals surface area contributed by atoms with Gasteiger partial charge in [-0.3, -0.25) is 9.69 Å². The molecule has 1 aliphatic rings. The van der Waals surface area contributed by atoms with Crippen LogP contribution in [0.1, 0.15) is 13.3 Å². The summed E-state index contributed by atoms with van der Waals surface area (Å²) in [4.78, 5) is 29.3. The molecule has 2 atom stereocenters. The standard InChI is InChI=1S/C18H26N6O2/c1-13-9-14(22-16(26)12-23(2)7-8-25)11-24(10-13)15-3-4-20-18-17(15)19-5-6-21-18/h3-6,13-14,25H,7-12H2,1-2H3,(H,22,26)/t13-,14+/m0/s1. The smallest absolute Gasteiger partial charge is 0.234 e. The number of carbonyl (C=O) groups is 1. The summed E-state index contributed by atoms with van der Waals surface area (Å²) in [6.07, 6.45) is 6.02. The second-order valence-corrected chi connectivity index (χ2v) is 7.03. The molecule has 0 aliphatic carbocycles. The maximum atomic E-state index is 12.3. The molecule has 8 heteroatoms. The van der Waals surface area contributed by atoms with Crippen LogP contribution in [0.15, 0.2) is 24.7 Å². The average molecular weight is 358 g/mol. The van der Waals surface area contributed by atoms with Crippen LogP contribution in [-0.2, 0) is 4.79 Å². The molecular weight excluding hydrogens is 332 g/mol.